The van der Waals surface area contributed by atoms with Gasteiger partial charge in [0, 0.05) is 45.8 Å². The van der Waals surface area contributed by atoms with E-state index in [-0.39, 0.29) is 50.0 Å². The molecule has 3 N–H and O–H groups in total. The van der Waals surface area contributed by atoms with E-state index in [1.807, 2.05) is 26.0 Å². The molecular weight excluding hydrogens is 792 g/mol. The maximum absolute atomic E-state index is 14.3. The third-order valence-corrected chi connectivity index (χ3v) is 14.4. The van der Waals surface area contributed by atoms with Crippen LogP contribution in [0.5, 0.6) is 0 Å². The number of hydrogen-bond donors (Lipinski definition) is 3. The standard InChI is InChI=1S/C46H68O15/c1-24-11-10-12-29-22-53-43-39(47)26(3)17-32(46(29,43)50)44(49)57-31-18-30(60-45(21-31)23-54-33-13-8-9-14-34(33)61-45)16-15-25(2)41(24)58-38-20-36(52-7)42(28(5)56-38)59-37-19-35(51-6)40(48)27(4)55-37/h10-12,15,17,24,27-28,30-43,47-48,50H,8-9,13-14,16,18-23H2,1-7H3/b11-10+,25-15+,29-12+/t24-,27-,28-,30+,31-,32-,33+,34+,35-,36-,37-,38-,39+,40-,41-,42-,43+,45-,46+/m0/s1. The van der Waals surface area contributed by atoms with Crippen LogP contribution >= 0.6 is 0 Å². The molecule has 61 heavy (non-hydrogen) atoms. The summed E-state index contributed by atoms with van der Waals surface area (Å²) in [4.78, 5) is 14.3. The predicted octanol–water partition coefficient (Wildman–Crippen LogP) is 4.10. The van der Waals surface area contributed by atoms with Crippen LogP contribution in [-0.2, 0) is 56.9 Å². The van der Waals surface area contributed by atoms with Crippen LogP contribution in [0.15, 0.2) is 47.1 Å². The molecular formula is C46H68O15. The molecule has 8 aliphatic rings. The highest BCUT2D eigenvalue weighted by atomic mass is 16.8. The van der Waals surface area contributed by atoms with Gasteiger partial charge in [-0.25, -0.2) is 0 Å². The number of methoxy groups -OCH3 is 2. The second-order valence-electron chi connectivity index (χ2n) is 18.7. The molecule has 1 saturated carbocycles. The highest BCUT2D eigenvalue weighted by molar-refractivity contribution is 5.78. The van der Waals surface area contributed by atoms with Crippen molar-refractivity contribution in [2.45, 2.75) is 196 Å². The summed E-state index contributed by atoms with van der Waals surface area (Å²) in [6.45, 7) is 9.81. The SMILES string of the molecule is CO[C@H]1C[C@H](O[C@H]2[C@H](C)O[C@@H](O[C@@H]3/C(C)=C/C[C@@H]4C[C@@H](C[C@]5(CO[C@@H]6CCCC[C@H]6O5)O4)OC(=O)[C@@H]4C=C(C)[C@@H](O)[C@H]5OC/C(=C\C=C\[C@@H]3C)[C@]54O)C[C@@H]2OC)O[C@@H](C)[C@@H]1O. The van der Waals surface area contributed by atoms with Crippen molar-refractivity contribution in [2.75, 3.05) is 27.4 Å². The van der Waals surface area contributed by atoms with Crippen molar-refractivity contribution in [1.82, 2.24) is 0 Å². The minimum atomic E-state index is -1.83. The van der Waals surface area contributed by atoms with E-state index in [0.29, 0.717) is 36.8 Å². The van der Waals surface area contributed by atoms with Crippen LogP contribution in [0, 0.1) is 11.8 Å². The van der Waals surface area contributed by atoms with Gasteiger partial charge in [0.05, 0.1) is 55.4 Å². The third-order valence-electron chi connectivity index (χ3n) is 14.4. The van der Waals surface area contributed by atoms with Gasteiger partial charge in [-0.1, -0.05) is 50.1 Å². The second kappa shape index (κ2) is 18.8. The fourth-order valence-corrected chi connectivity index (χ4v) is 10.9. The van der Waals surface area contributed by atoms with Crippen LogP contribution in [0.1, 0.15) is 92.4 Å². The zero-order valence-electron chi connectivity index (χ0n) is 36.7. The van der Waals surface area contributed by atoms with Crippen molar-refractivity contribution < 1.29 is 72.2 Å². The lowest BCUT2D eigenvalue weighted by molar-refractivity contribution is -0.372. The predicted molar refractivity (Wildman–Crippen MR) is 218 cm³/mol. The van der Waals surface area contributed by atoms with Gasteiger partial charge in [-0.15, -0.1) is 0 Å². The average molecular weight is 861 g/mol. The Morgan fingerprint density at radius 3 is 2.33 bits per heavy atom. The molecule has 0 aromatic rings. The maximum atomic E-state index is 14.3. The van der Waals surface area contributed by atoms with Gasteiger partial charge >= 0.3 is 5.97 Å². The molecule has 1 spiro atoms. The zero-order chi connectivity index (χ0) is 43.2. The maximum Gasteiger partial charge on any atom is 0.316 e. The lowest BCUT2D eigenvalue weighted by Crippen LogP contribution is -2.60. The fraction of sp³-hybridized carbons (Fsp3) is 0.804. The second-order valence-corrected chi connectivity index (χ2v) is 18.7. The largest absolute Gasteiger partial charge is 0.462 e. The molecule has 5 saturated heterocycles. The zero-order valence-corrected chi connectivity index (χ0v) is 36.7. The van der Waals surface area contributed by atoms with Crippen molar-refractivity contribution in [2.24, 2.45) is 11.8 Å². The highest BCUT2D eigenvalue weighted by Crippen LogP contribution is 2.47. The van der Waals surface area contributed by atoms with E-state index in [1.54, 1.807) is 40.2 Å². The molecule has 0 aromatic carbocycles. The van der Waals surface area contributed by atoms with Crippen molar-refractivity contribution >= 4 is 5.97 Å². The molecule has 0 radical (unpaired) electrons. The number of carbonyl (C=O) groups excluding carboxylic acids is 1. The summed E-state index contributed by atoms with van der Waals surface area (Å²) in [6.07, 6.45) is 7.39. The Morgan fingerprint density at radius 2 is 1.56 bits per heavy atom. The summed E-state index contributed by atoms with van der Waals surface area (Å²) in [5.41, 5.74) is 0.129. The molecule has 2 bridgehead atoms. The Kier molecular flexibility index (Phi) is 14.0. The van der Waals surface area contributed by atoms with Crippen molar-refractivity contribution in [1.29, 1.82) is 0 Å². The number of carbonyl (C=O) groups is 1. The van der Waals surface area contributed by atoms with Crippen LogP contribution in [0.4, 0.5) is 0 Å². The molecule has 342 valence electrons. The van der Waals surface area contributed by atoms with E-state index in [2.05, 4.69) is 13.0 Å². The quantitative estimate of drug-likeness (QED) is 0.257. The van der Waals surface area contributed by atoms with E-state index in [0.717, 1.165) is 31.3 Å². The van der Waals surface area contributed by atoms with Gasteiger partial charge in [0.1, 0.15) is 48.6 Å². The number of fused-ring (bicyclic) bond motifs is 3. The summed E-state index contributed by atoms with van der Waals surface area (Å²) in [5, 5.41) is 34.2. The summed E-state index contributed by atoms with van der Waals surface area (Å²) in [5.74, 6) is -2.99. The first-order chi connectivity index (χ1) is 29.2. The normalized spacial score (nSPS) is 50.6. The van der Waals surface area contributed by atoms with Gasteiger partial charge < -0.3 is 67.4 Å². The number of ether oxygens (including phenoxy) is 11. The van der Waals surface area contributed by atoms with Crippen LogP contribution in [0.2, 0.25) is 0 Å². The number of rotatable bonds is 6. The lowest BCUT2D eigenvalue weighted by Gasteiger charge is -2.51. The number of allylic oxidation sites excluding steroid dienone is 2. The van der Waals surface area contributed by atoms with Gasteiger partial charge in [-0.2, -0.15) is 0 Å². The van der Waals surface area contributed by atoms with E-state index in [9.17, 15) is 20.1 Å². The first-order valence-corrected chi connectivity index (χ1v) is 22.5. The van der Waals surface area contributed by atoms with Crippen molar-refractivity contribution in [3.05, 3.63) is 47.1 Å². The molecule has 0 amide bonds. The molecule has 6 heterocycles. The monoisotopic (exact) mass is 860 g/mol. The minimum absolute atomic E-state index is 0.00983. The Labute approximate surface area is 359 Å². The molecule has 6 fully saturated rings. The Balaban J connectivity index is 1.07. The average Bonchev–Trinajstić information content (AvgIpc) is 3.58. The summed E-state index contributed by atoms with van der Waals surface area (Å²) < 4.78 is 69.8. The van der Waals surface area contributed by atoms with Crippen LogP contribution in [0.3, 0.4) is 0 Å². The van der Waals surface area contributed by atoms with Gasteiger partial charge in [0.2, 0.25) is 0 Å². The van der Waals surface area contributed by atoms with E-state index in [1.165, 1.54) is 0 Å². The number of aliphatic hydroxyl groups excluding tert-OH is 2. The molecule has 6 aliphatic heterocycles. The Bertz CT molecular complexity index is 1680. The lowest BCUT2D eigenvalue weighted by atomic mass is 9.71. The Morgan fingerprint density at radius 1 is 0.836 bits per heavy atom. The number of hydrogen-bond acceptors (Lipinski definition) is 15. The number of aliphatic hydroxyl groups is 3. The molecule has 0 unspecified atom stereocenters. The highest BCUT2D eigenvalue weighted by Gasteiger charge is 2.60. The topological polar surface area (TPSA) is 179 Å². The summed E-state index contributed by atoms with van der Waals surface area (Å²) in [6, 6.07) is 0. The van der Waals surface area contributed by atoms with E-state index in [4.69, 9.17) is 52.1 Å². The van der Waals surface area contributed by atoms with Crippen LogP contribution < -0.4 is 0 Å². The molecule has 15 nitrogen and oxygen atoms in total. The minimum Gasteiger partial charge on any atom is -0.462 e. The van der Waals surface area contributed by atoms with E-state index >= 15 is 0 Å². The first-order valence-electron chi connectivity index (χ1n) is 22.5. The molecule has 0 aromatic heterocycles. The first kappa shape index (κ1) is 45.5. The molecule has 15 heteroatoms. The van der Waals surface area contributed by atoms with E-state index < -0.39 is 90.8 Å². The fourth-order valence-electron chi connectivity index (χ4n) is 10.9. The van der Waals surface area contributed by atoms with Crippen molar-refractivity contribution in [3.8, 4) is 0 Å². The number of esters is 1. The van der Waals surface area contributed by atoms with Gasteiger partial charge in [0.15, 0.2) is 18.4 Å². The van der Waals surface area contributed by atoms with Gasteiger partial charge in [0.25, 0.3) is 0 Å². The summed E-state index contributed by atoms with van der Waals surface area (Å²) in [7, 11) is 3.22. The van der Waals surface area contributed by atoms with Crippen molar-refractivity contribution in [3.63, 3.8) is 0 Å². The molecule has 2 aliphatic carbocycles. The van der Waals surface area contributed by atoms with Gasteiger partial charge in [-0.05, 0) is 63.7 Å². The van der Waals surface area contributed by atoms with Crippen LogP contribution in [0.25, 0.3) is 0 Å². The molecule has 19 atom stereocenters. The smallest absolute Gasteiger partial charge is 0.316 e. The van der Waals surface area contributed by atoms with Crippen LogP contribution in [-0.4, -0.2) is 152 Å². The summed E-state index contributed by atoms with van der Waals surface area (Å²) >= 11 is 0. The Hall–Kier alpha value is -2.09. The third kappa shape index (κ3) is 9.25. The molecule has 8 rings (SSSR count). The van der Waals surface area contributed by atoms with Gasteiger partial charge in [-0.3, -0.25) is 4.79 Å².